The van der Waals surface area contributed by atoms with Gasteiger partial charge in [0, 0.05) is 27.9 Å². The molecule has 0 fully saturated rings. The topological polar surface area (TPSA) is 3.24 Å². The second kappa shape index (κ2) is 12.6. The molecule has 9 aromatic carbocycles. The van der Waals surface area contributed by atoms with Gasteiger partial charge in [0.1, 0.15) is 0 Å². The van der Waals surface area contributed by atoms with E-state index in [9.17, 15) is 0 Å². The number of rotatable bonds is 4. The Morgan fingerprint density at radius 1 is 0.458 bits per heavy atom. The van der Waals surface area contributed by atoms with Gasteiger partial charge in [0.25, 0.3) is 0 Å². The van der Waals surface area contributed by atoms with Crippen LogP contribution in [-0.4, -0.2) is 0 Å². The third kappa shape index (κ3) is 4.70. The summed E-state index contributed by atoms with van der Waals surface area (Å²) >= 11 is 1.94. The van der Waals surface area contributed by atoms with Crippen LogP contribution in [0.3, 0.4) is 0 Å². The summed E-state index contributed by atoms with van der Waals surface area (Å²) in [5.41, 5.74) is 18.2. The molecule has 0 N–H and O–H groups in total. The van der Waals surface area contributed by atoms with Crippen LogP contribution in [0, 0.1) is 0 Å². The van der Waals surface area contributed by atoms with Crippen molar-refractivity contribution in [1.82, 2.24) is 0 Å². The van der Waals surface area contributed by atoms with Crippen LogP contribution < -0.4 is 4.90 Å². The fraction of sp³-hybridized carbons (Fsp3) is 0.0526. The number of hydrogen-bond acceptors (Lipinski definition) is 2. The second-order valence-electron chi connectivity index (χ2n) is 16.4. The highest BCUT2D eigenvalue weighted by atomic mass is 32.2. The van der Waals surface area contributed by atoms with Crippen LogP contribution in [0.25, 0.3) is 49.4 Å². The molecule has 13 rings (SSSR count). The van der Waals surface area contributed by atoms with Gasteiger partial charge in [0.15, 0.2) is 0 Å². The summed E-state index contributed by atoms with van der Waals surface area (Å²) in [6.45, 7) is 0. The number of fused-ring (bicyclic) bond motifs is 16. The molecular weight excluding hydrogens is 731 g/mol. The van der Waals surface area contributed by atoms with Crippen molar-refractivity contribution in [3.05, 3.63) is 245 Å². The summed E-state index contributed by atoms with van der Waals surface area (Å²) in [5, 5.41) is 5.10. The lowest BCUT2D eigenvalue weighted by Crippen LogP contribution is -2.25. The van der Waals surface area contributed by atoms with E-state index in [2.05, 4.69) is 211 Å². The van der Waals surface area contributed by atoms with Gasteiger partial charge >= 0.3 is 0 Å². The van der Waals surface area contributed by atoms with Gasteiger partial charge in [-0.3, -0.25) is 0 Å². The monoisotopic (exact) mass is 767 g/mol. The molecule has 1 unspecified atom stereocenters. The number of thioether (sulfide) groups is 1. The maximum Gasteiger partial charge on any atom is 0.0725 e. The molecule has 1 spiro atoms. The highest BCUT2D eigenvalue weighted by Gasteiger charge is 2.52. The van der Waals surface area contributed by atoms with Crippen LogP contribution >= 0.6 is 11.8 Å². The van der Waals surface area contributed by atoms with E-state index in [4.69, 9.17) is 0 Å². The van der Waals surface area contributed by atoms with Crippen LogP contribution in [0.2, 0.25) is 0 Å². The van der Waals surface area contributed by atoms with Crippen LogP contribution in [0.1, 0.15) is 45.7 Å². The first-order valence-corrected chi connectivity index (χ1v) is 21.5. The predicted octanol–water partition coefficient (Wildman–Crippen LogP) is 15.4. The smallest absolute Gasteiger partial charge is 0.0725 e. The van der Waals surface area contributed by atoms with Crippen molar-refractivity contribution in [1.29, 1.82) is 0 Å². The Morgan fingerprint density at radius 2 is 1.10 bits per heavy atom. The Labute approximate surface area is 348 Å². The van der Waals surface area contributed by atoms with Crippen LogP contribution in [0.4, 0.5) is 17.1 Å². The maximum absolute atomic E-state index is 2.53. The molecule has 0 aromatic heterocycles. The molecule has 1 atom stereocenters. The maximum atomic E-state index is 2.53. The molecule has 2 heteroatoms. The highest BCUT2D eigenvalue weighted by Crippen LogP contribution is 2.64. The van der Waals surface area contributed by atoms with Crippen molar-refractivity contribution >= 4 is 55.9 Å². The minimum absolute atomic E-state index is 0.311. The Balaban J connectivity index is 0.928. The Morgan fingerprint density at radius 3 is 1.93 bits per heavy atom. The van der Waals surface area contributed by atoms with Crippen molar-refractivity contribution in [2.75, 3.05) is 4.90 Å². The third-order valence-electron chi connectivity index (χ3n) is 13.4. The lowest BCUT2D eigenvalue weighted by molar-refractivity contribution is 0.794. The van der Waals surface area contributed by atoms with Crippen molar-refractivity contribution < 1.29 is 0 Å². The SMILES string of the molecule is C1=C(c2ccc3c(c2)-c2c(ccc4ccccc24)C32c3ccccc3-c3ccccc32)CC2C(=C1)Sc1ccc(N(c3ccccc3)c3ccc4ccccc4c3)cc12. The lowest BCUT2D eigenvalue weighted by atomic mass is 9.70. The largest absolute Gasteiger partial charge is 0.310 e. The quantitative estimate of drug-likeness (QED) is 0.175. The normalized spacial score (nSPS) is 16.2. The summed E-state index contributed by atoms with van der Waals surface area (Å²) in [6, 6.07) is 72.7. The minimum atomic E-state index is -0.360. The van der Waals surface area contributed by atoms with E-state index in [0.717, 1.165) is 17.8 Å². The van der Waals surface area contributed by atoms with Gasteiger partial charge in [-0.15, -0.1) is 0 Å². The standard InChI is InChI=1S/C57H37NS/c1-2-15-41(16-3-1)58(42-26-22-36-12-4-5-14-38(36)32-42)43-27-31-55-48(35-43)47-33-40(25-30-54(47)59-55)39-24-28-52-49(34-39)56-44-17-7-6-13-37(44)23-29-53(56)57(52)50-20-10-8-18-45(50)46-19-9-11-21-51(46)57/h1-32,34-35,47H,33H2. The molecule has 0 saturated heterocycles. The van der Waals surface area contributed by atoms with Crippen molar-refractivity contribution in [3.8, 4) is 22.3 Å². The lowest BCUT2D eigenvalue weighted by Gasteiger charge is -2.30. The first-order chi connectivity index (χ1) is 29.2. The van der Waals surface area contributed by atoms with Crippen LogP contribution in [0.5, 0.6) is 0 Å². The number of benzene rings is 9. The first-order valence-electron chi connectivity index (χ1n) is 20.7. The molecule has 0 bridgehead atoms. The number of para-hydroxylation sites is 1. The summed E-state index contributed by atoms with van der Waals surface area (Å²) < 4.78 is 0. The Kier molecular flexibility index (Phi) is 7.06. The van der Waals surface area contributed by atoms with Gasteiger partial charge in [-0.05, 0) is 143 Å². The second-order valence-corrected chi connectivity index (χ2v) is 17.5. The number of allylic oxidation sites excluding steroid dienone is 4. The van der Waals surface area contributed by atoms with Crippen molar-refractivity contribution in [2.45, 2.75) is 22.6 Å². The predicted molar refractivity (Wildman–Crippen MR) is 248 cm³/mol. The highest BCUT2D eigenvalue weighted by molar-refractivity contribution is 8.03. The van der Waals surface area contributed by atoms with Gasteiger partial charge in [0.2, 0.25) is 0 Å². The van der Waals surface area contributed by atoms with Gasteiger partial charge < -0.3 is 4.90 Å². The van der Waals surface area contributed by atoms with E-state index >= 15 is 0 Å². The van der Waals surface area contributed by atoms with Crippen molar-refractivity contribution in [2.24, 2.45) is 0 Å². The Hall–Kier alpha value is -6.87. The van der Waals surface area contributed by atoms with Crippen LogP contribution in [-0.2, 0) is 5.41 Å². The molecule has 3 aliphatic carbocycles. The zero-order valence-electron chi connectivity index (χ0n) is 32.3. The van der Waals surface area contributed by atoms with Gasteiger partial charge in [-0.25, -0.2) is 0 Å². The van der Waals surface area contributed by atoms with E-state index < -0.39 is 0 Å². The molecule has 59 heavy (non-hydrogen) atoms. The molecule has 1 heterocycles. The molecule has 0 saturated carbocycles. The molecule has 1 nitrogen and oxygen atoms in total. The number of anilines is 3. The van der Waals surface area contributed by atoms with E-state index in [1.54, 1.807) is 0 Å². The van der Waals surface area contributed by atoms with E-state index in [1.165, 1.54) is 98.2 Å². The summed E-state index contributed by atoms with van der Waals surface area (Å²) in [7, 11) is 0. The van der Waals surface area contributed by atoms with E-state index in [-0.39, 0.29) is 5.41 Å². The van der Waals surface area contributed by atoms with Gasteiger partial charge in [0.05, 0.1) is 5.41 Å². The van der Waals surface area contributed by atoms with E-state index in [1.807, 2.05) is 11.8 Å². The Bertz CT molecular complexity index is 3250. The van der Waals surface area contributed by atoms with Gasteiger partial charge in [-0.1, -0.05) is 170 Å². The molecule has 0 amide bonds. The summed E-state index contributed by atoms with van der Waals surface area (Å²) in [4.78, 5) is 5.21. The average molecular weight is 768 g/mol. The molecule has 0 radical (unpaired) electrons. The number of hydrogen-bond donors (Lipinski definition) is 0. The number of nitrogens with zero attached hydrogens (tertiary/aromatic N) is 1. The molecule has 276 valence electrons. The zero-order chi connectivity index (χ0) is 38.7. The molecule has 1 aliphatic heterocycles. The summed E-state index contributed by atoms with van der Waals surface area (Å²) in [6.07, 6.45) is 5.76. The van der Waals surface area contributed by atoms with Gasteiger partial charge in [-0.2, -0.15) is 0 Å². The average Bonchev–Trinajstić information content (AvgIpc) is 3.93. The molecule has 4 aliphatic rings. The minimum Gasteiger partial charge on any atom is -0.310 e. The first kappa shape index (κ1) is 33.1. The fourth-order valence-corrected chi connectivity index (χ4v) is 12.1. The zero-order valence-corrected chi connectivity index (χ0v) is 33.1. The van der Waals surface area contributed by atoms with Crippen LogP contribution in [0.15, 0.2) is 216 Å². The molecule has 9 aromatic rings. The summed E-state index contributed by atoms with van der Waals surface area (Å²) in [5.74, 6) is 0.311. The fourth-order valence-electron chi connectivity index (χ4n) is 10.9. The van der Waals surface area contributed by atoms with E-state index in [0.29, 0.717) is 5.92 Å². The van der Waals surface area contributed by atoms with Crippen molar-refractivity contribution in [3.63, 3.8) is 0 Å². The molecular formula is C57H37NS. The third-order valence-corrected chi connectivity index (χ3v) is 14.7.